The van der Waals surface area contributed by atoms with Gasteiger partial charge in [-0.2, -0.15) is 13.2 Å². The largest absolute Gasteiger partial charge is 0.397 e. The topological polar surface area (TPSA) is 55.1 Å². The quantitative estimate of drug-likeness (QED) is 0.590. The number of halogens is 3. The highest BCUT2D eigenvalue weighted by Gasteiger charge is 2.32. The van der Waals surface area contributed by atoms with Crippen molar-refractivity contribution in [2.24, 2.45) is 5.92 Å². The Morgan fingerprint density at radius 3 is 2.70 bits per heavy atom. The SMILES string of the molecule is Nc1cc(NCCCCC(F)(F)F)sc1C(=O)C1CC1. The Hall–Kier alpha value is -1.24. The number of rotatable bonds is 7. The van der Waals surface area contributed by atoms with Crippen molar-refractivity contribution in [3.63, 3.8) is 0 Å². The van der Waals surface area contributed by atoms with E-state index in [-0.39, 0.29) is 18.1 Å². The van der Waals surface area contributed by atoms with E-state index < -0.39 is 12.6 Å². The second-order valence-electron chi connectivity index (χ2n) is 5.03. The molecule has 0 spiro atoms. The first-order chi connectivity index (χ1) is 9.37. The van der Waals surface area contributed by atoms with Crippen molar-refractivity contribution < 1.29 is 18.0 Å². The van der Waals surface area contributed by atoms with Gasteiger partial charge in [0.1, 0.15) is 0 Å². The van der Waals surface area contributed by atoms with Crippen LogP contribution < -0.4 is 11.1 Å². The number of hydrogen-bond donors (Lipinski definition) is 2. The number of alkyl halides is 3. The van der Waals surface area contributed by atoms with Crippen LogP contribution in [0.4, 0.5) is 23.9 Å². The average molecular weight is 306 g/mol. The van der Waals surface area contributed by atoms with Gasteiger partial charge in [-0.05, 0) is 31.7 Å². The number of thiophene rings is 1. The van der Waals surface area contributed by atoms with Gasteiger partial charge in [0.05, 0.1) is 15.6 Å². The minimum absolute atomic E-state index is 0.0950. The van der Waals surface area contributed by atoms with Crippen LogP contribution in [0.25, 0.3) is 0 Å². The molecule has 3 nitrogen and oxygen atoms in total. The number of hydrogen-bond acceptors (Lipinski definition) is 4. The molecule has 3 N–H and O–H groups in total. The summed E-state index contributed by atoms with van der Waals surface area (Å²) >= 11 is 1.29. The summed E-state index contributed by atoms with van der Waals surface area (Å²) in [5, 5.41) is 3.77. The van der Waals surface area contributed by atoms with Crippen molar-refractivity contribution in [1.82, 2.24) is 0 Å². The van der Waals surface area contributed by atoms with Crippen LogP contribution >= 0.6 is 11.3 Å². The normalized spacial score (nSPS) is 15.3. The predicted octanol–water partition coefficient (Wildman–Crippen LogP) is 4.07. The van der Waals surface area contributed by atoms with E-state index in [4.69, 9.17) is 5.73 Å². The van der Waals surface area contributed by atoms with Crippen molar-refractivity contribution in [1.29, 1.82) is 0 Å². The molecule has 0 amide bonds. The van der Waals surface area contributed by atoms with Crippen LogP contribution in [0.15, 0.2) is 6.07 Å². The maximum atomic E-state index is 12.0. The van der Waals surface area contributed by atoms with Gasteiger partial charge in [0.25, 0.3) is 0 Å². The van der Waals surface area contributed by atoms with Gasteiger partial charge in [-0.15, -0.1) is 11.3 Å². The second-order valence-corrected chi connectivity index (χ2v) is 6.08. The molecule has 1 fully saturated rings. The zero-order chi connectivity index (χ0) is 14.8. The van der Waals surface area contributed by atoms with Crippen LogP contribution in [-0.4, -0.2) is 18.5 Å². The summed E-state index contributed by atoms with van der Waals surface area (Å²) in [6.07, 6.45) is -2.45. The van der Waals surface area contributed by atoms with Gasteiger partial charge in [0, 0.05) is 18.9 Å². The highest BCUT2D eigenvalue weighted by Crippen LogP contribution is 2.38. The summed E-state index contributed by atoms with van der Waals surface area (Å²) in [6, 6.07) is 1.68. The van der Waals surface area contributed by atoms with Gasteiger partial charge in [-0.3, -0.25) is 4.79 Å². The van der Waals surface area contributed by atoms with E-state index in [0.29, 0.717) is 23.5 Å². The van der Waals surface area contributed by atoms with Crippen molar-refractivity contribution in [3.8, 4) is 0 Å². The molecule has 0 radical (unpaired) electrons. The Morgan fingerprint density at radius 2 is 2.10 bits per heavy atom. The molecule has 0 unspecified atom stereocenters. The van der Waals surface area contributed by atoms with E-state index >= 15 is 0 Å². The number of nitrogens with one attached hydrogen (secondary N) is 1. The summed E-state index contributed by atoms with van der Waals surface area (Å²) < 4.78 is 35.9. The fourth-order valence-corrected chi connectivity index (χ4v) is 2.90. The molecule has 1 saturated carbocycles. The molecule has 7 heteroatoms. The number of ketones is 1. The Bertz CT molecular complexity index is 480. The standard InChI is InChI=1S/C13H17F3N2OS/c14-13(15,16)5-1-2-6-18-10-7-9(17)12(20-10)11(19)8-3-4-8/h7-8,18H,1-6,17H2. The van der Waals surface area contributed by atoms with Crippen LogP contribution in [0.3, 0.4) is 0 Å². The van der Waals surface area contributed by atoms with Crippen molar-refractivity contribution in [3.05, 3.63) is 10.9 Å². The van der Waals surface area contributed by atoms with E-state index in [2.05, 4.69) is 5.32 Å². The molecular weight excluding hydrogens is 289 g/mol. The molecule has 20 heavy (non-hydrogen) atoms. The first-order valence-electron chi connectivity index (χ1n) is 6.61. The zero-order valence-electron chi connectivity index (χ0n) is 10.9. The van der Waals surface area contributed by atoms with E-state index in [1.807, 2.05) is 0 Å². The van der Waals surface area contributed by atoms with Gasteiger partial charge in [-0.1, -0.05) is 0 Å². The molecule has 1 aromatic heterocycles. The van der Waals surface area contributed by atoms with E-state index in [1.54, 1.807) is 6.07 Å². The number of anilines is 2. The van der Waals surface area contributed by atoms with Crippen molar-refractivity contribution >= 4 is 27.8 Å². The van der Waals surface area contributed by atoms with E-state index in [1.165, 1.54) is 11.3 Å². The predicted molar refractivity (Wildman–Crippen MR) is 74.2 cm³/mol. The first-order valence-corrected chi connectivity index (χ1v) is 7.42. The smallest absolute Gasteiger partial charge is 0.389 e. The van der Waals surface area contributed by atoms with Gasteiger partial charge >= 0.3 is 6.18 Å². The Morgan fingerprint density at radius 1 is 1.40 bits per heavy atom. The van der Waals surface area contributed by atoms with E-state index in [0.717, 1.165) is 17.8 Å². The summed E-state index contributed by atoms with van der Waals surface area (Å²) in [5.41, 5.74) is 6.26. The van der Waals surface area contributed by atoms with Crippen LogP contribution in [-0.2, 0) is 0 Å². The van der Waals surface area contributed by atoms with Gasteiger partial charge in [-0.25, -0.2) is 0 Å². The number of nitrogens with two attached hydrogens (primary N) is 1. The maximum absolute atomic E-state index is 12.0. The van der Waals surface area contributed by atoms with E-state index in [9.17, 15) is 18.0 Å². The fourth-order valence-electron chi connectivity index (χ4n) is 1.88. The third-order valence-corrected chi connectivity index (χ3v) is 4.24. The number of Topliss-reactive ketones (excluding diaryl/α,β-unsaturated/α-hetero) is 1. The number of nitrogen functional groups attached to an aromatic ring is 1. The minimum atomic E-state index is -4.09. The number of unbranched alkanes of at least 4 members (excludes halogenated alkanes) is 1. The third kappa shape index (κ3) is 4.40. The third-order valence-electron chi connectivity index (χ3n) is 3.12. The van der Waals surface area contributed by atoms with Crippen LogP contribution in [0, 0.1) is 5.92 Å². The molecule has 1 aliphatic rings. The molecule has 0 saturated heterocycles. The summed E-state index contributed by atoms with van der Waals surface area (Å²) in [4.78, 5) is 12.5. The van der Waals surface area contributed by atoms with Crippen molar-refractivity contribution in [2.45, 2.75) is 38.3 Å². The zero-order valence-corrected chi connectivity index (χ0v) is 11.7. The van der Waals surface area contributed by atoms with Gasteiger partial charge in [0.2, 0.25) is 0 Å². The second kappa shape index (κ2) is 6.03. The number of carbonyl (C=O) groups is 1. The minimum Gasteiger partial charge on any atom is -0.397 e. The monoisotopic (exact) mass is 306 g/mol. The highest BCUT2D eigenvalue weighted by molar-refractivity contribution is 7.18. The molecule has 112 valence electrons. The number of carbonyl (C=O) groups excluding carboxylic acids is 1. The molecule has 0 aliphatic heterocycles. The molecule has 1 heterocycles. The average Bonchev–Trinajstić information content (AvgIpc) is 3.11. The Balaban J connectivity index is 1.76. The Kier molecular flexibility index (Phi) is 4.57. The molecule has 0 aromatic carbocycles. The Labute approximate surface area is 119 Å². The molecule has 2 rings (SSSR count). The summed E-state index contributed by atoms with van der Waals surface area (Å²) in [6.45, 7) is 0.451. The maximum Gasteiger partial charge on any atom is 0.389 e. The fraction of sp³-hybridized carbons (Fsp3) is 0.615. The summed E-state index contributed by atoms with van der Waals surface area (Å²) in [7, 11) is 0. The van der Waals surface area contributed by atoms with Gasteiger partial charge in [0.15, 0.2) is 5.78 Å². The van der Waals surface area contributed by atoms with Crippen molar-refractivity contribution in [2.75, 3.05) is 17.6 Å². The van der Waals surface area contributed by atoms with Crippen LogP contribution in [0.2, 0.25) is 0 Å². The van der Waals surface area contributed by atoms with Crippen LogP contribution in [0.1, 0.15) is 41.8 Å². The highest BCUT2D eigenvalue weighted by atomic mass is 32.1. The molecule has 0 atom stereocenters. The lowest BCUT2D eigenvalue weighted by molar-refractivity contribution is -0.135. The molecule has 1 aliphatic carbocycles. The van der Waals surface area contributed by atoms with Gasteiger partial charge < -0.3 is 11.1 Å². The molecule has 0 bridgehead atoms. The lowest BCUT2D eigenvalue weighted by Crippen LogP contribution is -2.08. The lowest BCUT2D eigenvalue weighted by Gasteiger charge is -2.06. The first kappa shape index (κ1) is 15.2. The summed E-state index contributed by atoms with van der Waals surface area (Å²) in [5.74, 6) is 0.216. The lowest BCUT2D eigenvalue weighted by atomic mass is 10.2. The molecular formula is C13H17F3N2OS. The molecule has 1 aromatic rings. The van der Waals surface area contributed by atoms with Crippen LogP contribution in [0.5, 0.6) is 0 Å².